The Morgan fingerprint density at radius 1 is 1.10 bits per heavy atom. The molecule has 0 saturated heterocycles. The van der Waals surface area contributed by atoms with Gasteiger partial charge in [-0.05, 0) is 45.2 Å². The van der Waals surface area contributed by atoms with Gasteiger partial charge in [0.05, 0.1) is 0 Å². The van der Waals surface area contributed by atoms with Crippen molar-refractivity contribution in [1.82, 2.24) is 4.90 Å². The van der Waals surface area contributed by atoms with Crippen LogP contribution in [-0.4, -0.2) is 41.4 Å². The largest absolute Gasteiger partial charge is 0.506 e. The number of hydrogen-bond donors (Lipinski definition) is 1. The molecule has 0 aromatic heterocycles. The Hall–Kier alpha value is -0.190. The van der Waals surface area contributed by atoms with Crippen LogP contribution in [0, 0.1) is 0 Å². The van der Waals surface area contributed by atoms with Gasteiger partial charge in [0.2, 0.25) is 0 Å². The lowest BCUT2D eigenvalue weighted by molar-refractivity contribution is -0.0186. The number of carbonyl (C=O) groups is 1. The van der Waals surface area contributed by atoms with Gasteiger partial charge in [-0.3, -0.25) is 4.90 Å². The van der Waals surface area contributed by atoms with Crippen molar-refractivity contribution < 1.29 is 14.6 Å². The quantitative estimate of drug-likeness (QED) is 0.646. The molecule has 0 aromatic rings. The number of rotatable bonds is 8. The second-order valence-corrected chi connectivity index (χ2v) is 5.52. The van der Waals surface area contributed by atoms with E-state index in [0.717, 1.165) is 32.4 Å². The second-order valence-electron chi connectivity index (χ2n) is 5.52. The molecule has 1 aliphatic carbocycles. The minimum absolute atomic E-state index is 0. The average molecular weight is 344 g/mol. The number of unbranched alkanes of at least 4 members (excludes halogenated alkanes) is 2. The van der Waals surface area contributed by atoms with E-state index in [2.05, 4.69) is 18.7 Å². The van der Waals surface area contributed by atoms with Gasteiger partial charge in [0.1, 0.15) is 6.10 Å². The van der Waals surface area contributed by atoms with Crippen LogP contribution in [0.15, 0.2) is 0 Å². The van der Waals surface area contributed by atoms with Crippen molar-refractivity contribution in [3.63, 3.8) is 0 Å². The molecule has 2 atom stereocenters. The molecule has 1 fully saturated rings. The van der Waals surface area contributed by atoms with Crippen LogP contribution in [0.2, 0.25) is 0 Å². The molecule has 6 heteroatoms. The molecule has 0 unspecified atom stereocenters. The molecule has 0 spiro atoms. The summed E-state index contributed by atoms with van der Waals surface area (Å²) < 4.78 is 5.12. The monoisotopic (exact) mass is 343 g/mol. The van der Waals surface area contributed by atoms with Gasteiger partial charge < -0.3 is 9.84 Å². The van der Waals surface area contributed by atoms with E-state index >= 15 is 0 Å². The molecule has 1 N–H and O–H groups in total. The molecule has 0 amide bonds. The summed E-state index contributed by atoms with van der Waals surface area (Å²) in [7, 11) is 0. The van der Waals surface area contributed by atoms with E-state index in [0.29, 0.717) is 6.04 Å². The molecule has 0 heterocycles. The molecule has 21 heavy (non-hydrogen) atoms. The zero-order valence-corrected chi connectivity index (χ0v) is 14.9. The minimum atomic E-state index is -1.12. The maximum Gasteiger partial charge on any atom is 0.506 e. The maximum atomic E-state index is 10.8. The van der Waals surface area contributed by atoms with Crippen LogP contribution in [0.25, 0.3) is 0 Å². The summed E-state index contributed by atoms with van der Waals surface area (Å²) in [6.45, 7) is 6.54. The molecule has 4 nitrogen and oxygen atoms in total. The number of hydrogen-bond acceptors (Lipinski definition) is 3. The summed E-state index contributed by atoms with van der Waals surface area (Å²) in [4.78, 5) is 13.3. The standard InChI is InChI=1S/C15H29NO3.2ClH/c1-3-5-11-16(12-6-4-2)13-9-7-8-10-14(13)19-15(17)18;;/h13-14H,3-12H2,1-2H3,(H,17,18);2*1H/t13-,14-;;/m1../s1. The van der Waals surface area contributed by atoms with E-state index in [1.807, 2.05) is 0 Å². The fraction of sp³-hybridized carbons (Fsp3) is 0.933. The highest BCUT2D eigenvalue weighted by atomic mass is 35.5. The Bertz CT molecular complexity index is 259. The zero-order chi connectivity index (χ0) is 14.1. The van der Waals surface area contributed by atoms with Crippen LogP contribution in [-0.2, 0) is 4.74 Å². The summed E-state index contributed by atoms with van der Waals surface area (Å²) in [5.74, 6) is 0. The van der Waals surface area contributed by atoms with E-state index in [1.54, 1.807) is 0 Å². The van der Waals surface area contributed by atoms with Gasteiger partial charge in [0.15, 0.2) is 0 Å². The lowest BCUT2D eigenvalue weighted by Gasteiger charge is -2.39. The summed E-state index contributed by atoms with van der Waals surface area (Å²) in [5, 5.41) is 8.88. The Morgan fingerprint density at radius 3 is 2.10 bits per heavy atom. The van der Waals surface area contributed by atoms with E-state index < -0.39 is 6.16 Å². The summed E-state index contributed by atoms with van der Waals surface area (Å²) in [6, 6.07) is 0.294. The summed E-state index contributed by atoms with van der Waals surface area (Å²) >= 11 is 0. The van der Waals surface area contributed by atoms with E-state index in [-0.39, 0.29) is 30.9 Å². The van der Waals surface area contributed by atoms with Crippen molar-refractivity contribution in [1.29, 1.82) is 0 Å². The van der Waals surface area contributed by atoms with E-state index in [9.17, 15) is 4.79 Å². The van der Waals surface area contributed by atoms with Crippen molar-refractivity contribution in [2.75, 3.05) is 13.1 Å². The predicted octanol–water partition coefficient (Wildman–Crippen LogP) is 4.74. The first-order valence-corrected chi connectivity index (χ1v) is 7.82. The Kier molecular flexibility index (Phi) is 14.8. The zero-order valence-electron chi connectivity index (χ0n) is 13.3. The van der Waals surface area contributed by atoms with Crippen LogP contribution in [0.3, 0.4) is 0 Å². The van der Waals surface area contributed by atoms with Gasteiger partial charge in [-0.1, -0.05) is 33.1 Å². The van der Waals surface area contributed by atoms with Gasteiger partial charge in [0, 0.05) is 6.04 Å². The molecule has 0 radical (unpaired) electrons. The van der Waals surface area contributed by atoms with Gasteiger partial charge in [-0.15, -0.1) is 24.8 Å². The van der Waals surface area contributed by atoms with Gasteiger partial charge >= 0.3 is 6.16 Å². The normalized spacial score (nSPS) is 21.3. The van der Waals surface area contributed by atoms with Gasteiger partial charge in [-0.25, -0.2) is 4.79 Å². The Labute approximate surface area is 141 Å². The Balaban J connectivity index is 0. The summed E-state index contributed by atoms with van der Waals surface area (Å²) in [5.41, 5.74) is 0. The maximum absolute atomic E-state index is 10.8. The number of nitrogens with zero attached hydrogens (tertiary/aromatic N) is 1. The first-order valence-electron chi connectivity index (χ1n) is 7.82. The van der Waals surface area contributed by atoms with Gasteiger partial charge in [-0.2, -0.15) is 0 Å². The van der Waals surface area contributed by atoms with Crippen LogP contribution in [0.4, 0.5) is 4.79 Å². The van der Waals surface area contributed by atoms with Crippen molar-refractivity contribution in [2.24, 2.45) is 0 Å². The first kappa shape index (κ1) is 23.1. The van der Waals surface area contributed by atoms with E-state index in [4.69, 9.17) is 9.84 Å². The summed E-state index contributed by atoms with van der Waals surface area (Å²) in [6.07, 6.45) is 7.71. The number of halogens is 2. The number of ether oxygens (including phenoxy) is 1. The van der Waals surface area contributed by atoms with Crippen molar-refractivity contribution in [3.05, 3.63) is 0 Å². The average Bonchev–Trinajstić information content (AvgIpc) is 2.39. The third-order valence-electron chi connectivity index (χ3n) is 3.99. The van der Waals surface area contributed by atoms with Crippen molar-refractivity contribution >= 4 is 31.0 Å². The SMILES string of the molecule is CCCCN(CCCC)[C@@H]1CCCC[C@H]1OC(=O)O.Cl.Cl. The molecule has 0 aliphatic heterocycles. The highest BCUT2D eigenvalue weighted by Gasteiger charge is 2.32. The molecular formula is C15H31Cl2NO3. The van der Waals surface area contributed by atoms with Crippen LogP contribution >= 0.6 is 24.8 Å². The molecule has 128 valence electrons. The lowest BCUT2D eigenvalue weighted by atomic mass is 9.90. The first-order chi connectivity index (χ1) is 9.19. The Morgan fingerprint density at radius 2 is 1.62 bits per heavy atom. The van der Waals surface area contributed by atoms with Gasteiger partial charge in [0.25, 0.3) is 0 Å². The smallest absolute Gasteiger partial charge is 0.450 e. The molecule has 0 aromatic carbocycles. The fourth-order valence-corrected chi connectivity index (χ4v) is 2.93. The van der Waals surface area contributed by atoms with Crippen molar-refractivity contribution in [3.8, 4) is 0 Å². The number of carboxylic acid groups (broad SMARTS) is 1. The van der Waals surface area contributed by atoms with Crippen LogP contribution < -0.4 is 0 Å². The highest BCUT2D eigenvalue weighted by molar-refractivity contribution is 5.85. The van der Waals surface area contributed by atoms with Crippen LogP contribution in [0.1, 0.15) is 65.2 Å². The lowest BCUT2D eigenvalue weighted by Crippen LogP contribution is -2.48. The third-order valence-corrected chi connectivity index (χ3v) is 3.99. The molecule has 1 aliphatic rings. The van der Waals surface area contributed by atoms with Crippen molar-refractivity contribution in [2.45, 2.75) is 77.4 Å². The highest BCUT2D eigenvalue weighted by Crippen LogP contribution is 2.26. The third kappa shape index (κ3) is 8.74. The molecular weight excluding hydrogens is 313 g/mol. The van der Waals surface area contributed by atoms with E-state index in [1.165, 1.54) is 32.1 Å². The second kappa shape index (κ2) is 13.5. The van der Waals surface area contributed by atoms with Crippen LogP contribution in [0.5, 0.6) is 0 Å². The molecule has 1 rings (SSSR count). The predicted molar refractivity (Wildman–Crippen MR) is 91.0 cm³/mol. The molecule has 1 saturated carbocycles. The topological polar surface area (TPSA) is 49.8 Å². The molecule has 0 bridgehead atoms. The minimum Gasteiger partial charge on any atom is -0.450 e. The fourth-order valence-electron chi connectivity index (χ4n) is 2.93.